The van der Waals surface area contributed by atoms with Gasteiger partial charge in [0.15, 0.2) is 0 Å². The average Bonchev–Trinajstić information content (AvgIpc) is 2.85. The van der Waals surface area contributed by atoms with Gasteiger partial charge in [-0.15, -0.1) is 0 Å². The summed E-state index contributed by atoms with van der Waals surface area (Å²) in [6.07, 6.45) is 4.92. The third kappa shape index (κ3) is 3.50. The molecule has 100 valence electrons. The Labute approximate surface area is 106 Å². The maximum atomic E-state index is 13.4. The van der Waals surface area contributed by atoms with Crippen LogP contribution in [0.25, 0.3) is 0 Å². The van der Waals surface area contributed by atoms with Crippen molar-refractivity contribution < 1.29 is 13.5 Å². The van der Waals surface area contributed by atoms with Crippen molar-refractivity contribution in [1.29, 1.82) is 0 Å². The van der Waals surface area contributed by atoms with Crippen molar-refractivity contribution in [2.24, 2.45) is 11.7 Å². The van der Waals surface area contributed by atoms with Crippen LogP contribution in [0, 0.1) is 17.6 Å². The molecule has 2 nitrogen and oxygen atoms in total. The van der Waals surface area contributed by atoms with Crippen LogP contribution in [0.2, 0.25) is 0 Å². The van der Waals surface area contributed by atoms with Crippen molar-refractivity contribution in [2.75, 3.05) is 13.2 Å². The number of ether oxygens (including phenoxy) is 1. The van der Waals surface area contributed by atoms with Crippen LogP contribution >= 0.6 is 0 Å². The summed E-state index contributed by atoms with van der Waals surface area (Å²) in [4.78, 5) is 0. The highest BCUT2D eigenvalue weighted by molar-refractivity contribution is 5.22. The SMILES string of the molecule is NC(COCC1CCCC1)c1cc(F)ccc1F. The minimum atomic E-state index is -0.609. The molecule has 0 aromatic heterocycles. The molecule has 1 aliphatic rings. The second-order valence-electron chi connectivity index (χ2n) is 4.96. The molecule has 1 aliphatic carbocycles. The van der Waals surface area contributed by atoms with E-state index in [2.05, 4.69) is 0 Å². The number of rotatable bonds is 5. The van der Waals surface area contributed by atoms with Gasteiger partial charge in [0.25, 0.3) is 0 Å². The summed E-state index contributed by atoms with van der Waals surface area (Å²) >= 11 is 0. The minimum absolute atomic E-state index is 0.182. The third-order valence-corrected chi connectivity index (χ3v) is 3.48. The zero-order chi connectivity index (χ0) is 13.0. The van der Waals surface area contributed by atoms with Gasteiger partial charge in [0.1, 0.15) is 11.6 Å². The first kappa shape index (κ1) is 13.4. The van der Waals surface area contributed by atoms with Gasteiger partial charge in [-0.2, -0.15) is 0 Å². The summed E-state index contributed by atoms with van der Waals surface area (Å²) in [6, 6.07) is 2.72. The van der Waals surface area contributed by atoms with Crippen LogP contribution in [0.5, 0.6) is 0 Å². The summed E-state index contributed by atoms with van der Waals surface area (Å²) < 4.78 is 32.0. The topological polar surface area (TPSA) is 35.2 Å². The van der Waals surface area contributed by atoms with Gasteiger partial charge in [-0.1, -0.05) is 12.8 Å². The van der Waals surface area contributed by atoms with Gasteiger partial charge in [0.2, 0.25) is 0 Å². The van der Waals surface area contributed by atoms with E-state index in [-0.39, 0.29) is 12.2 Å². The number of benzene rings is 1. The Balaban J connectivity index is 1.83. The Morgan fingerprint density at radius 1 is 1.28 bits per heavy atom. The first-order valence-electron chi connectivity index (χ1n) is 6.45. The van der Waals surface area contributed by atoms with Crippen LogP contribution < -0.4 is 5.73 Å². The van der Waals surface area contributed by atoms with Crippen LogP contribution in [0.1, 0.15) is 37.3 Å². The molecule has 1 unspecified atom stereocenters. The number of halogens is 2. The molecule has 0 radical (unpaired) electrons. The van der Waals surface area contributed by atoms with Gasteiger partial charge in [0, 0.05) is 12.2 Å². The van der Waals surface area contributed by atoms with E-state index >= 15 is 0 Å². The maximum Gasteiger partial charge on any atom is 0.128 e. The van der Waals surface area contributed by atoms with Crippen LogP contribution in [0.15, 0.2) is 18.2 Å². The lowest BCUT2D eigenvalue weighted by Gasteiger charge is -2.15. The molecule has 0 aliphatic heterocycles. The summed E-state index contributed by atoms with van der Waals surface area (Å²) in [5.74, 6) is -0.347. The summed E-state index contributed by atoms with van der Waals surface area (Å²) in [6.45, 7) is 0.904. The molecule has 1 aromatic rings. The molecule has 0 saturated heterocycles. The van der Waals surface area contributed by atoms with Gasteiger partial charge in [-0.05, 0) is 37.0 Å². The first-order chi connectivity index (χ1) is 8.66. The van der Waals surface area contributed by atoms with Crippen molar-refractivity contribution in [3.63, 3.8) is 0 Å². The molecular weight excluding hydrogens is 236 g/mol. The van der Waals surface area contributed by atoms with Gasteiger partial charge >= 0.3 is 0 Å². The van der Waals surface area contributed by atoms with Crippen molar-refractivity contribution in [3.05, 3.63) is 35.4 Å². The average molecular weight is 255 g/mol. The van der Waals surface area contributed by atoms with Crippen molar-refractivity contribution in [1.82, 2.24) is 0 Å². The van der Waals surface area contributed by atoms with E-state index in [1.165, 1.54) is 25.7 Å². The molecule has 2 rings (SSSR count). The molecular formula is C14H19F2NO. The van der Waals surface area contributed by atoms with Gasteiger partial charge in [-0.3, -0.25) is 0 Å². The van der Waals surface area contributed by atoms with E-state index in [4.69, 9.17) is 10.5 Å². The minimum Gasteiger partial charge on any atom is -0.379 e. The molecule has 2 N–H and O–H groups in total. The normalized spacial score (nSPS) is 18.2. The molecule has 0 bridgehead atoms. The molecule has 1 saturated carbocycles. The van der Waals surface area contributed by atoms with E-state index in [0.29, 0.717) is 12.5 Å². The Morgan fingerprint density at radius 3 is 2.72 bits per heavy atom. The zero-order valence-electron chi connectivity index (χ0n) is 10.4. The monoisotopic (exact) mass is 255 g/mol. The Hall–Kier alpha value is -1.00. The van der Waals surface area contributed by atoms with E-state index in [9.17, 15) is 8.78 Å². The van der Waals surface area contributed by atoms with Gasteiger partial charge < -0.3 is 10.5 Å². The molecule has 0 heterocycles. The highest BCUT2D eigenvalue weighted by Crippen LogP contribution is 2.25. The fourth-order valence-electron chi connectivity index (χ4n) is 2.43. The predicted octanol–water partition coefficient (Wildman–Crippen LogP) is 3.17. The second-order valence-corrected chi connectivity index (χ2v) is 4.96. The largest absolute Gasteiger partial charge is 0.379 e. The Bertz CT molecular complexity index is 391. The lowest BCUT2D eigenvalue weighted by Crippen LogP contribution is -2.20. The van der Waals surface area contributed by atoms with E-state index in [0.717, 1.165) is 18.2 Å². The van der Waals surface area contributed by atoms with Crippen molar-refractivity contribution in [3.8, 4) is 0 Å². The molecule has 0 amide bonds. The fourth-order valence-corrected chi connectivity index (χ4v) is 2.43. The lowest BCUT2D eigenvalue weighted by atomic mass is 10.1. The lowest BCUT2D eigenvalue weighted by molar-refractivity contribution is 0.0897. The Kier molecular flexibility index (Phi) is 4.66. The molecule has 18 heavy (non-hydrogen) atoms. The molecule has 4 heteroatoms. The quantitative estimate of drug-likeness (QED) is 0.877. The maximum absolute atomic E-state index is 13.4. The zero-order valence-corrected chi connectivity index (χ0v) is 10.4. The van der Waals surface area contributed by atoms with E-state index in [1.54, 1.807) is 0 Å². The second kappa shape index (κ2) is 6.25. The number of nitrogens with two attached hydrogens (primary N) is 1. The molecule has 0 spiro atoms. The smallest absolute Gasteiger partial charge is 0.128 e. The highest BCUT2D eigenvalue weighted by Gasteiger charge is 2.17. The third-order valence-electron chi connectivity index (χ3n) is 3.48. The first-order valence-corrected chi connectivity index (χ1v) is 6.45. The predicted molar refractivity (Wildman–Crippen MR) is 66.1 cm³/mol. The number of hydrogen-bond acceptors (Lipinski definition) is 2. The molecule has 1 fully saturated rings. The van der Waals surface area contributed by atoms with Crippen LogP contribution in [0.4, 0.5) is 8.78 Å². The molecule has 1 aromatic carbocycles. The van der Waals surface area contributed by atoms with Crippen LogP contribution in [-0.4, -0.2) is 13.2 Å². The standard InChI is InChI=1S/C14H19F2NO/c15-11-5-6-13(16)12(7-11)14(17)9-18-8-10-3-1-2-4-10/h5-7,10,14H,1-4,8-9,17H2. The van der Waals surface area contributed by atoms with Crippen LogP contribution in [-0.2, 0) is 4.74 Å². The summed E-state index contributed by atoms with van der Waals surface area (Å²) in [7, 11) is 0. The Morgan fingerprint density at radius 2 is 2.00 bits per heavy atom. The number of hydrogen-bond donors (Lipinski definition) is 1. The van der Waals surface area contributed by atoms with E-state index in [1.807, 2.05) is 0 Å². The van der Waals surface area contributed by atoms with Gasteiger partial charge in [-0.25, -0.2) is 8.78 Å². The highest BCUT2D eigenvalue weighted by atomic mass is 19.1. The van der Waals surface area contributed by atoms with Crippen LogP contribution in [0.3, 0.4) is 0 Å². The van der Waals surface area contributed by atoms with Gasteiger partial charge in [0.05, 0.1) is 12.6 Å². The van der Waals surface area contributed by atoms with Crippen molar-refractivity contribution >= 4 is 0 Å². The fraction of sp³-hybridized carbons (Fsp3) is 0.571. The molecule has 1 atom stereocenters. The summed E-state index contributed by atoms with van der Waals surface area (Å²) in [5.41, 5.74) is 6.00. The summed E-state index contributed by atoms with van der Waals surface area (Å²) in [5, 5.41) is 0. The van der Waals surface area contributed by atoms with Crippen molar-refractivity contribution in [2.45, 2.75) is 31.7 Å². The van der Waals surface area contributed by atoms with E-state index < -0.39 is 17.7 Å².